The van der Waals surface area contributed by atoms with Crippen LogP contribution in [0.5, 0.6) is 0 Å². The normalized spacial score (nSPS) is 12.2. The van der Waals surface area contributed by atoms with E-state index in [1.165, 1.54) is 5.56 Å². The number of rotatable bonds is 10. The van der Waals surface area contributed by atoms with E-state index in [1.54, 1.807) is 23.1 Å². The van der Waals surface area contributed by atoms with Gasteiger partial charge in [-0.05, 0) is 47.6 Å². The Bertz CT molecular complexity index is 1170. The van der Waals surface area contributed by atoms with E-state index in [2.05, 4.69) is 50.4 Å². The van der Waals surface area contributed by atoms with Crippen LogP contribution in [0.2, 0.25) is 10.0 Å². The Morgan fingerprint density at radius 1 is 0.865 bits per heavy atom. The third-order valence-corrected chi connectivity index (χ3v) is 7.17. The predicted octanol–water partition coefficient (Wildman–Crippen LogP) is 7.00. The number of carbonyl (C=O) groups excluding carboxylic acids is 2. The molecule has 1 atom stereocenters. The van der Waals surface area contributed by atoms with Gasteiger partial charge in [-0.25, -0.2) is 0 Å². The highest BCUT2D eigenvalue weighted by Crippen LogP contribution is 2.28. The summed E-state index contributed by atoms with van der Waals surface area (Å²) in [5.41, 5.74) is 4.00. The SMILES string of the molecule is CCNC(=O)[C@@H](Cc1ccccc1)N(Cc1c(Cl)cccc1Cl)C(=O)CCc1ccc(C(C)(C)C)cc1. The van der Waals surface area contributed by atoms with Crippen molar-refractivity contribution in [2.45, 2.75) is 65.0 Å². The summed E-state index contributed by atoms with van der Waals surface area (Å²) in [6, 6.07) is 22.7. The molecule has 0 heterocycles. The molecule has 6 heteroatoms. The van der Waals surface area contributed by atoms with Crippen molar-refractivity contribution >= 4 is 35.0 Å². The molecule has 3 aromatic carbocycles. The Balaban J connectivity index is 1.90. The fourth-order valence-electron chi connectivity index (χ4n) is 4.27. The molecule has 0 fully saturated rings. The molecule has 0 saturated carbocycles. The second-order valence-electron chi connectivity index (χ2n) is 10.3. The van der Waals surface area contributed by atoms with Crippen molar-refractivity contribution < 1.29 is 9.59 Å². The first kappa shape index (κ1) is 28.7. The van der Waals surface area contributed by atoms with Crippen LogP contribution >= 0.6 is 23.2 Å². The zero-order valence-corrected chi connectivity index (χ0v) is 23.6. The van der Waals surface area contributed by atoms with Crippen molar-refractivity contribution in [3.8, 4) is 0 Å². The lowest BCUT2D eigenvalue weighted by Gasteiger charge is -2.32. The van der Waals surface area contributed by atoms with E-state index in [0.717, 1.165) is 11.1 Å². The molecule has 0 saturated heterocycles. The van der Waals surface area contributed by atoms with Gasteiger partial charge in [-0.3, -0.25) is 9.59 Å². The van der Waals surface area contributed by atoms with E-state index in [4.69, 9.17) is 23.2 Å². The lowest BCUT2D eigenvalue weighted by atomic mass is 9.86. The van der Waals surface area contributed by atoms with E-state index in [1.807, 2.05) is 37.3 Å². The van der Waals surface area contributed by atoms with Crippen LogP contribution in [0.3, 0.4) is 0 Å². The number of nitrogens with one attached hydrogen (secondary N) is 1. The van der Waals surface area contributed by atoms with Gasteiger partial charge in [-0.2, -0.15) is 0 Å². The molecule has 0 aliphatic rings. The highest BCUT2D eigenvalue weighted by atomic mass is 35.5. The lowest BCUT2D eigenvalue weighted by Crippen LogP contribution is -2.50. The van der Waals surface area contributed by atoms with Gasteiger partial charge < -0.3 is 10.2 Å². The van der Waals surface area contributed by atoms with Crippen molar-refractivity contribution in [2.75, 3.05) is 6.54 Å². The molecule has 0 bridgehead atoms. The van der Waals surface area contributed by atoms with Gasteiger partial charge in [0, 0.05) is 41.5 Å². The van der Waals surface area contributed by atoms with Crippen molar-refractivity contribution in [3.63, 3.8) is 0 Å². The molecule has 0 radical (unpaired) electrons. The number of hydrogen-bond acceptors (Lipinski definition) is 2. The summed E-state index contributed by atoms with van der Waals surface area (Å²) < 4.78 is 0. The van der Waals surface area contributed by atoms with Crippen molar-refractivity contribution in [3.05, 3.63) is 105 Å². The summed E-state index contributed by atoms with van der Waals surface area (Å²) in [6.45, 7) is 9.02. The molecule has 0 aromatic heterocycles. The third kappa shape index (κ3) is 8.08. The summed E-state index contributed by atoms with van der Waals surface area (Å²) in [6.07, 6.45) is 1.23. The number of amides is 2. The first-order valence-electron chi connectivity index (χ1n) is 12.7. The van der Waals surface area contributed by atoms with Crippen LogP contribution in [-0.2, 0) is 34.4 Å². The summed E-state index contributed by atoms with van der Waals surface area (Å²) >= 11 is 13.0. The number of halogens is 2. The molecule has 3 aromatic rings. The van der Waals surface area contributed by atoms with Crippen LogP contribution < -0.4 is 5.32 Å². The molecule has 0 unspecified atom stereocenters. The molecular weight excluding hydrogens is 503 g/mol. The van der Waals surface area contributed by atoms with E-state index >= 15 is 0 Å². The largest absolute Gasteiger partial charge is 0.355 e. The first-order chi connectivity index (χ1) is 17.6. The quantitative estimate of drug-likeness (QED) is 0.302. The minimum absolute atomic E-state index is 0.0661. The van der Waals surface area contributed by atoms with E-state index in [9.17, 15) is 9.59 Å². The maximum Gasteiger partial charge on any atom is 0.243 e. The first-order valence-corrected chi connectivity index (χ1v) is 13.5. The molecule has 2 amide bonds. The predicted molar refractivity (Wildman–Crippen MR) is 153 cm³/mol. The van der Waals surface area contributed by atoms with Gasteiger partial charge in [-0.1, -0.05) is 105 Å². The van der Waals surface area contributed by atoms with Gasteiger partial charge in [-0.15, -0.1) is 0 Å². The number of nitrogens with zero attached hydrogens (tertiary/aromatic N) is 1. The summed E-state index contributed by atoms with van der Waals surface area (Å²) in [5.74, 6) is -0.319. The minimum atomic E-state index is -0.703. The lowest BCUT2D eigenvalue weighted by molar-refractivity contribution is -0.141. The number of hydrogen-bond donors (Lipinski definition) is 1. The number of aryl methyl sites for hydroxylation is 1. The minimum Gasteiger partial charge on any atom is -0.355 e. The fourth-order valence-corrected chi connectivity index (χ4v) is 4.78. The van der Waals surface area contributed by atoms with E-state index in [-0.39, 0.29) is 30.2 Å². The topological polar surface area (TPSA) is 49.4 Å². The van der Waals surface area contributed by atoms with Gasteiger partial charge >= 0.3 is 0 Å². The van der Waals surface area contributed by atoms with Crippen LogP contribution in [0, 0.1) is 0 Å². The van der Waals surface area contributed by atoms with E-state index < -0.39 is 6.04 Å². The highest BCUT2D eigenvalue weighted by molar-refractivity contribution is 6.36. The second kappa shape index (κ2) is 13.1. The highest BCUT2D eigenvalue weighted by Gasteiger charge is 2.31. The average Bonchev–Trinajstić information content (AvgIpc) is 2.86. The van der Waals surface area contributed by atoms with Gasteiger partial charge in [0.05, 0.1) is 0 Å². The van der Waals surface area contributed by atoms with Gasteiger partial charge in [0.2, 0.25) is 11.8 Å². The zero-order valence-electron chi connectivity index (χ0n) is 22.1. The second-order valence-corrected chi connectivity index (χ2v) is 11.1. The van der Waals surface area contributed by atoms with Crippen LogP contribution in [0.4, 0.5) is 0 Å². The maximum atomic E-state index is 13.8. The van der Waals surface area contributed by atoms with E-state index in [0.29, 0.717) is 35.0 Å². The standard InChI is InChI=1S/C31H36Cl2N2O2/c1-5-34-30(37)28(20-23-10-7-6-8-11-23)35(21-25-26(32)12-9-13-27(25)33)29(36)19-16-22-14-17-24(18-15-22)31(2,3)4/h6-15,17-18,28H,5,16,19-21H2,1-4H3,(H,34,37)/t28-/m1/s1. The molecule has 0 aliphatic heterocycles. The molecular formula is C31H36Cl2N2O2. The van der Waals surface area contributed by atoms with Crippen molar-refractivity contribution in [1.82, 2.24) is 10.2 Å². The van der Waals surface area contributed by atoms with Crippen molar-refractivity contribution in [1.29, 1.82) is 0 Å². The Kier molecular flexibility index (Phi) is 10.2. The summed E-state index contributed by atoms with van der Waals surface area (Å²) in [7, 11) is 0. The Hall–Kier alpha value is -2.82. The van der Waals surface area contributed by atoms with Gasteiger partial charge in [0.1, 0.15) is 6.04 Å². The Morgan fingerprint density at radius 3 is 2.05 bits per heavy atom. The molecule has 3 rings (SSSR count). The van der Waals surface area contributed by atoms with Crippen LogP contribution in [0.15, 0.2) is 72.8 Å². The zero-order chi connectivity index (χ0) is 27.0. The smallest absolute Gasteiger partial charge is 0.243 e. The molecule has 4 nitrogen and oxygen atoms in total. The number of carbonyl (C=O) groups is 2. The summed E-state index contributed by atoms with van der Waals surface area (Å²) in [4.78, 5) is 28.7. The van der Waals surface area contributed by atoms with Crippen LogP contribution in [0.25, 0.3) is 0 Å². The molecule has 0 aliphatic carbocycles. The molecule has 0 spiro atoms. The molecule has 1 N–H and O–H groups in total. The number of benzene rings is 3. The van der Waals surface area contributed by atoms with Crippen LogP contribution in [-0.4, -0.2) is 29.3 Å². The number of likely N-dealkylation sites (N-methyl/N-ethyl adjacent to an activating group) is 1. The Labute approximate surface area is 231 Å². The van der Waals surface area contributed by atoms with Crippen LogP contribution in [0.1, 0.15) is 56.4 Å². The summed E-state index contributed by atoms with van der Waals surface area (Å²) in [5, 5.41) is 3.85. The Morgan fingerprint density at radius 2 is 1.49 bits per heavy atom. The maximum absolute atomic E-state index is 13.8. The molecule has 196 valence electrons. The van der Waals surface area contributed by atoms with Crippen molar-refractivity contribution in [2.24, 2.45) is 0 Å². The molecule has 37 heavy (non-hydrogen) atoms. The third-order valence-electron chi connectivity index (χ3n) is 6.46. The van der Waals surface area contributed by atoms with Gasteiger partial charge in [0.15, 0.2) is 0 Å². The average molecular weight is 540 g/mol. The monoisotopic (exact) mass is 538 g/mol. The fraction of sp³-hybridized carbons (Fsp3) is 0.355. The van der Waals surface area contributed by atoms with Gasteiger partial charge in [0.25, 0.3) is 0 Å².